The molecule has 2 aromatic rings. The van der Waals surface area contributed by atoms with Crippen LogP contribution in [0.4, 0.5) is 11.4 Å². The van der Waals surface area contributed by atoms with Gasteiger partial charge in [0.1, 0.15) is 6.54 Å². The second kappa shape index (κ2) is 7.09. The number of rotatable bonds is 4. The van der Waals surface area contributed by atoms with Crippen LogP contribution >= 0.6 is 11.6 Å². The summed E-state index contributed by atoms with van der Waals surface area (Å²) in [6.45, 7) is 1.41. The molecule has 0 unspecified atom stereocenters. The molecule has 5 heteroatoms. The summed E-state index contributed by atoms with van der Waals surface area (Å²) in [5.41, 5.74) is 1.43. The van der Waals surface area contributed by atoms with Crippen molar-refractivity contribution in [1.29, 1.82) is 0 Å². The molecule has 2 amide bonds. The van der Waals surface area contributed by atoms with Gasteiger partial charge in [-0.05, 0) is 36.4 Å². The van der Waals surface area contributed by atoms with Gasteiger partial charge < -0.3 is 9.80 Å². The first kappa shape index (κ1) is 16.0. The van der Waals surface area contributed by atoms with E-state index in [1.165, 1.54) is 16.7 Å². The number of hydrogen-bond acceptors (Lipinski definition) is 2. The Labute approximate surface area is 134 Å². The molecule has 0 aliphatic heterocycles. The van der Waals surface area contributed by atoms with Gasteiger partial charge in [-0.25, -0.2) is 0 Å². The lowest BCUT2D eigenvalue weighted by atomic mass is 10.2. The molecular formula is C17H17ClN2O2. The van der Waals surface area contributed by atoms with Crippen LogP contribution in [0.25, 0.3) is 0 Å². The van der Waals surface area contributed by atoms with Gasteiger partial charge >= 0.3 is 0 Å². The maximum Gasteiger partial charge on any atom is 0.246 e. The highest BCUT2D eigenvalue weighted by atomic mass is 35.5. The monoisotopic (exact) mass is 316 g/mol. The van der Waals surface area contributed by atoms with E-state index in [-0.39, 0.29) is 18.4 Å². The first-order chi connectivity index (χ1) is 10.5. The van der Waals surface area contributed by atoms with Crippen LogP contribution in [-0.4, -0.2) is 25.4 Å². The zero-order chi connectivity index (χ0) is 16.1. The fraction of sp³-hybridized carbons (Fsp3) is 0.176. The quantitative estimate of drug-likeness (QED) is 0.868. The second-order valence-electron chi connectivity index (χ2n) is 4.87. The average molecular weight is 317 g/mol. The number of benzene rings is 2. The Balaban J connectivity index is 2.16. The third-order valence-corrected chi connectivity index (χ3v) is 3.58. The summed E-state index contributed by atoms with van der Waals surface area (Å²) in [5, 5.41) is 0.583. The van der Waals surface area contributed by atoms with Crippen molar-refractivity contribution in [3.05, 3.63) is 59.6 Å². The maximum atomic E-state index is 12.4. The molecule has 2 aromatic carbocycles. The molecule has 0 saturated heterocycles. The molecule has 2 rings (SSSR count). The van der Waals surface area contributed by atoms with Crippen LogP contribution in [0, 0.1) is 0 Å². The van der Waals surface area contributed by atoms with E-state index in [1.54, 1.807) is 31.3 Å². The SMILES string of the molecule is CC(=O)N(CC(=O)N(C)c1ccccc1)c1ccc(Cl)cc1. The molecular weight excluding hydrogens is 300 g/mol. The lowest BCUT2D eigenvalue weighted by Crippen LogP contribution is -2.40. The molecule has 0 spiro atoms. The van der Waals surface area contributed by atoms with E-state index in [0.29, 0.717) is 10.7 Å². The Kier molecular flexibility index (Phi) is 5.17. The van der Waals surface area contributed by atoms with Crippen LogP contribution in [0.5, 0.6) is 0 Å². The Morgan fingerprint density at radius 3 is 2.09 bits per heavy atom. The lowest BCUT2D eigenvalue weighted by molar-refractivity contribution is -0.121. The number of likely N-dealkylation sites (N-methyl/N-ethyl adjacent to an activating group) is 1. The summed E-state index contributed by atoms with van der Waals surface area (Å²) in [4.78, 5) is 27.2. The predicted molar refractivity (Wildman–Crippen MR) is 89.3 cm³/mol. The summed E-state index contributed by atoms with van der Waals surface area (Å²) >= 11 is 5.85. The molecule has 4 nitrogen and oxygen atoms in total. The van der Waals surface area contributed by atoms with Crippen molar-refractivity contribution in [3.63, 3.8) is 0 Å². The topological polar surface area (TPSA) is 40.6 Å². The summed E-state index contributed by atoms with van der Waals surface area (Å²) in [7, 11) is 1.69. The standard InChI is InChI=1S/C17H17ClN2O2/c1-13(21)20(16-10-8-14(18)9-11-16)12-17(22)19(2)15-6-4-3-5-7-15/h3-11H,12H2,1-2H3. The van der Waals surface area contributed by atoms with Crippen LogP contribution < -0.4 is 9.80 Å². The van der Waals surface area contributed by atoms with Gasteiger partial charge in [0, 0.05) is 30.4 Å². The van der Waals surface area contributed by atoms with E-state index in [9.17, 15) is 9.59 Å². The molecule has 114 valence electrons. The number of halogens is 1. The minimum absolute atomic E-state index is 0.0254. The maximum absolute atomic E-state index is 12.4. The molecule has 0 aliphatic rings. The number of amides is 2. The summed E-state index contributed by atoms with van der Waals surface area (Å²) in [6.07, 6.45) is 0. The van der Waals surface area contributed by atoms with Crippen molar-refractivity contribution in [1.82, 2.24) is 0 Å². The van der Waals surface area contributed by atoms with Crippen LogP contribution in [0.15, 0.2) is 54.6 Å². The van der Waals surface area contributed by atoms with Gasteiger partial charge in [0.15, 0.2) is 0 Å². The van der Waals surface area contributed by atoms with E-state index in [1.807, 2.05) is 30.3 Å². The zero-order valence-electron chi connectivity index (χ0n) is 12.5. The van der Waals surface area contributed by atoms with Crippen molar-refractivity contribution in [2.24, 2.45) is 0 Å². The second-order valence-corrected chi connectivity index (χ2v) is 5.31. The van der Waals surface area contributed by atoms with Gasteiger partial charge in [-0.2, -0.15) is 0 Å². The van der Waals surface area contributed by atoms with E-state index in [4.69, 9.17) is 11.6 Å². The lowest BCUT2D eigenvalue weighted by Gasteiger charge is -2.24. The van der Waals surface area contributed by atoms with Crippen molar-refractivity contribution < 1.29 is 9.59 Å². The highest BCUT2D eigenvalue weighted by Crippen LogP contribution is 2.19. The first-order valence-electron chi connectivity index (χ1n) is 6.84. The summed E-state index contributed by atoms with van der Waals surface area (Å²) < 4.78 is 0. The summed E-state index contributed by atoms with van der Waals surface area (Å²) in [6, 6.07) is 16.1. The highest BCUT2D eigenvalue weighted by Gasteiger charge is 2.19. The molecule has 22 heavy (non-hydrogen) atoms. The number of hydrogen-bond donors (Lipinski definition) is 0. The minimum atomic E-state index is -0.197. The average Bonchev–Trinajstić information content (AvgIpc) is 2.53. The Morgan fingerprint density at radius 2 is 1.55 bits per heavy atom. The van der Waals surface area contributed by atoms with Crippen molar-refractivity contribution >= 4 is 34.8 Å². The van der Waals surface area contributed by atoms with Crippen LogP contribution in [0.3, 0.4) is 0 Å². The van der Waals surface area contributed by atoms with Gasteiger partial charge in [0.2, 0.25) is 11.8 Å². The fourth-order valence-corrected chi connectivity index (χ4v) is 2.17. The van der Waals surface area contributed by atoms with Crippen LogP contribution in [0.1, 0.15) is 6.92 Å². The van der Waals surface area contributed by atoms with Gasteiger partial charge in [-0.3, -0.25) is 9.59 Å². The van der Waals surface area contributed by atoms with E-state index in [0.717, 1.165) is 5.69 Å². The first-order valence-corrected chi connectivity index (χ1v) is 7.22. The number of anilines is 2. The van der Waals surface area contributed by atoms with Crippen LogP contribution in [-0.2, 0) is 9.59 Å². The molecule has 0 aromatic heterocycles. The third-order valence-electron chi connectivity index (χ3n) is 3.33. The smallest absolute Gasteiger partial charge is 0.246 e. The molecule has 0 heterocycles. The largest absolute Gasteiger partial charge is 0.314 e. The number of carbonyl (C=O) groups is 2. The molecule has 0 aliphatic carbocycles. The number of para-hydroxylation sites is 1. The van der Waals surface area contributed by atoms with Crippen molar-refractivity contribution in [2.75, 3.05) is 23.4 Å². The minimum Gasteiger partial charge on any atom is -0.314 e. The normalized spacial score (nSPS) is 10.1. The molecule has 0 saturated carbocycles. The van der Waals surface area contributed by atoms with Gasteiger partial charge in [-0.15, -0.1) is 0 Å². The van der Waals surface area contributed by atoms with Crippen molar-refractivity contribution in [3.8, 4) is 0 Å². The molecule has 0 N–H and O–H groups in total. The summed E-state index contributed by atoms with van der Waals surface area (Å²) in [5.74, 6) is -0.367. The Hall–Kier alpha value is -2.33. The fourth-order valence-electron chi connectivity index (χ4n) is 2.04. The third kappa shape index (κ3) is 3.86. The molecule has 0 radical (unpaired) electrons. The van der Waals surface area contributed by atoms with Crippen molar-refractivity contribution in [2.45, 2.75) is 6.92 Å². The predicted octanol–water partition coefficient (Wildman–Crippen LogP) is 3.36. The zero-order valence-corrected chi connectivity index (χ0v) is 13.2. The van der Waals surface area contributed by atoms with E-state index >= 15 is 0 Å². The Morgan fingerprint density at radius 1 is 0.955 bits per heavy atom. The number of nitrogens with zero attached hydrogens (tertiary/aromatic N) is 2. The Bertz CT molecular complexity index is 656. The van der Waals surface area contributed by atoms with Crippen LogP contribution in [0.2, 0.25) is 5.02 Å². The highest BCUT2D eigenvalue weighted by molar-refractivity contribution is 6.30. The molecule has 0 bridgehead atoms. The van der Waals surface area contributed by atoms with Gasteiger partial charge in [0.25, 0.3) is 0 Å². The van der Waals surface area contributed by atoms with Gasteiger partial charge in [0.05, 0.1) is 0 Å². The molecule has 0 fully saturated rings. The molecule has 0 atom stereocenters. The van der Waals surface area contributed by atoms with E-state index < -0.39 is 0 Å². The number of carbonyl (C=O) groups excluding carboxylic acids is 2. The van der Waals surface area contributed by atoms with E-state index in [2.05, 4.69) is 0 Å². The van der Waals surface area contributed by atoms with Gasteiger partial charge in [-0.1, -0.05) is 29.8 Å².